The van der Waals surface area contributed by atoms with Gasteiger partial charge in [-0.3, -0.25) is 14.4 Å². The summed E-state index contributed by atoms with van der Waals surface area (Å²) in [4.78, 5) is 40.7. The van der Waals surface area contributed by atoms with Crippen molar-refractivity contribution >= 4 is 63.0 Å². The Morgan fingerprint density at radius 2 is 1.76 bits per heavy atom. The number of carbonyl (C=O) groups is 3. The van der Waals surface area contributed by atoms with Crippen LogP contribution >= 0.6 is 35.0 Å². The summed E-state index contributed by atoms with van der Waals surface area (Å²) in [6.07, 6.45) is 1.59. The maximum Gasteiger partial charge on any atom is 0.433 e. The van der Waals surface area contributed by atoms with Crippen molar-refractivity contribution in [3.8, 4) is 17.6 Å². The molecule has 3 atom stereocenters. The summed E-state index contributed by atoms with van der Waals surface area (Å²) in [6.45, 7) is 3.88. The first kappa shape index (κ1) is 38.9. The first-order valence-electron chi connectivity index (χ1n) is 14.7. The summed E-state index contributed by atoms with van der Waals surface area (Å²) in [5.74, 6) is -1.67. The third-order valence-electron chi connectivity index (χ3n) is 7.39. The van der Waals surface area contributed by atoms with Crippen LogP contribution in [0.25, 0.3) is 5.03 Å². The lowest BCUT2D eigenvalue weighted by atomic mass is 10.1. The largest absolute Gasteiger partial charge is 0.454 e. The maximum absolute atomic E-state index is 14.3. The number of hydrogen-bond acceptors (Lipinski definition) is 9. The molecule has 10 nitrogen and oxygen atoms in total. The van der Waals surface area contributed by atoms with E-state index in [1.54, 1.807) is 68.9 Å². The van der Waals surface area contributed by atoms with Gasteiger partial charge in [-0.2, -0.15) is 5.26 Å². The molecule has 1 aliphatic carbocycles. The topological polar surface area (TPSA) is 130 Å². The van der Waals surface area contributed by atoms with Crippen LogP contribution in [0.2, 0.25) is 5.02 Å². The highest BCUT2D eigenvalue weighted by atomic mass is 35.5. The van der Waals surface area contributed by atoms with E-state index < -0.39 is 35.3 Å². The molecule has 2 amide bonds. The predicted molar refractivity (Wildman–Crippen MR) is 189 cm³/mol. The van der Waals surface area contributed by atoms with E-state index in [1.807, 2.05) is 32.1 Å². The van der Waals surface area contributed by atoms with Gasteiger partial charge < -0.3 is 19.7 Å². The van der Waals surface area contributed by atoms with E-state index in [0.29, 0.717) is 21.4 Å². The summed E-state index contributed by atoms with van der Waals surface area (Å²) in [5.41, 5.74) is 0.713. The van der Waals surface area contributed by atoms with E-state index in [2.05, 4.69) is 15.3 Å². The molecular formula is C35H35Cl2FN4O6S. The second-order valence-corrected chi connectivity index (χ2v) is 13.0. The number of nitrogens with one attached hydrogen (secondary N) is 1. The molecule has 0 bridgehead atoms. The first-order chi connectivity index (χ1) is 23.2. The van der Waals surface area contributed by atoms with Gasteiger partial charge in [-0.05, 0) is 59.6 Å². The van der Waals surface area contributed by atoms with Gasteiger partial charge in [0.05, 0.1) is 5.92 Å². The first-order valence-corrected chi connectivity index (χ1v) is 16.7. The fourth-order valence-corrected chi connectivity index (χ4v) is 5.38. The average molecular weight is 730 g/mol. The molecule has 1 saturated carbocycles. The standard InChI is InChI=1S/C28H22Cl2FNO3.C7H13N3O3S/c1-28(2)21(15-22(30)17-8-11-19(29)12-9-17)26(28)27(33)35-25(16-32)18-10-13-23(31)24(14-18)34-20-6-4-3-5-7-20;1-8-7(12)13-9-5(14-4)6(11)10(2)3/h3-15,21,25-26H,1-2H3;1-4H3,(H,8,12)/b22-15-;. The number of para-hydroxylation sites is 1. The lowest BCUT2D eigenvalue weighted by molar-refractivity contribution is -0.149. The van der Waals surface area contributed by atoms with Gasteiger partial charge in [0.25, 0.3) is 5.91 Å². The van der Waals surface area contributed by atoms with Crippen LogP contribution in [0.15, 0.2) is 84.0 Å². The number of rotatable bonds is 8. The van der Waals surface area contributed by atoms with Crippen molar-refractivity contribution in [2.45, 2.75) is 20.0 Å². The van der Waals surface area contributed by atoms with Gasteiger partial charge in [-0.25, -0.2) is 9.18 Å². The van der Waals surface area contributed by atoms with Crippen LogP contribution in [-0.2, 0) is 19.2 Å². The Balaban J connectivity index is 0.000000393. The van der Waals surface area contributed by atoms with Crippen LogP contribution in [-0.4, -0.2) is 55.3 Å². The molecule has 1 aliphatic rings. The number of nitrogens with zero attached hydrogens (tertiary/aromatic N) is 3. The normalized spacial score (nSPS) is 16.9. The minimum absolute atomic E-state index is 0.0627. The lowest BCUT2D eigenvalue weighted by Crippen LogP contribution is -2.28. The van der Waals surface area contributed by atoms with Crippen molar-refractivity contribution in [1.29, 1.82) is 5.26 Å². The second kappa shape index (κ2) is 17.7. The number of esters is 1. The smallest absolute Gasteiger partial charge is 0.433 e. The molecule has 3 aromatic rings. The summed E-state index contributed by atoms with van der Waals surface area (Å²) >= 11 is 13.5. The molecule has 0 radical (unpaired) electrons. The van der Waals surface area contributed by atoms with Crippen molar-refractivity contribution in [1.82, 2.24) is 10.2 Å². The molecule has 258 valence electrons. The number of nitriles is 1. The van der Waals surface area contributed by atoms with Gasteiger partial charge in [0.15, 0.2) is 11.6 Å². The number of carbonyl (C=O) groups excluding carboxylic acids is 3. The predicted octanol–water partition coefficient (Wildman–Crippen LogP) is 8.04. The number of hydrogen-bond donors (Lipinski definition) is 1. The molecule has 0 heterocycles. The van der Waals surface area contributed by atoms with Gasteiger partial charge in [-0.1, -0.05) is 84.7 Å². The number of benzene rings is 3. The molecule has 14 heteroatoms. The van der Waals surface area contributed by atoms with Crippen molar-refractivity contribution in [3.05, 3.63) is 101 Å². The minimum Gasteiger partial charge on any atom is -0.454 e. The molecular weight excluding hydrogens is 694 g/mol. The van der Waals surface area contributed by atoms with Gasteiger partial charge in [-0.15, -0.1) is 11.8 Å². The molecule has 1 fully saturated rings. The number of halogens is 3. The highest BCUT2D eigenvalue weighted by Gasteiger charge is 2.62. The SMILES string of the molecule is CC1(C)C(/C=C(\Cl)c2ccc(Cl)cc2)C1C(=O)OC(C#N)c1ccc(F)c(Oc2ccccc2)c1.CNC(=O)ON=C(SC)C(=O)N(C)C. The van der Waals surface area contributed by atoms with Crippen LogP contribution in [0.5, 0.6) is 11.5 Å². The van der Waals surface area contributed by atoms with E-state index in [-0.39, 0.29) is 22.6 Å². The molecule has 1 N–H and O–H groups in total. The summed E-state index contributed by atoms with van der Waals surface area (Å²) in [7, 11) is 4.59. The lowest BCUT2D eigenvalue weighted by Gasteiger charge is -2.14. The Labute approximate surface area is 298 Å². The molecule has 4 rings (SSSR count). The number of oxime groups is 1. The summed E-state index contributed by atoms with van der Waals surface area (Å²) in [6, 6.07) is 21.7. The van der Waals surface area contributed by atoms with Gasteiger partial charge in [0.1, 0.15) is 11.8 Å². The second-order valence-electron chi connectivity index (χ2n) is 11.3. The number of allylic oxidation sites excluding steroid dienone is 1. The summed E-state index contributed by atoms with van der Waals surface area (Å²) in [5, 5.41) is 16.5. The zero-order chi connectivity index (χ0) is 36.3. The fraction of sp³-hybridized carbons (Fsp3) is 0.286. The van der Waals surface area contributed by atoms with E-state index in [9.17, 15) is 24.0 Å². The van der Waals surface area contributed by atoms with E-state index >= 15 is 0 Å². The Morgan fingerprint density at radius 1 is 1.10 bits per heavy atom. The molecule has 3 unspecified atom stereocenters. The van der Waals surface area contributed by atoms with Gasteiger partial charge in [0, 0.05) is 36.8 Å². The number of amides is 2. The minimum atomic E-state index is -1.21. The van der Waals surface area contributed by atoms with Crippen molar-refractivity contribution in [3.63, 3.8) is 0 Å². The zero-order valence-electron chi connectivity index (χ0n) is 27.6. The zero-order valence-corrected chi connectivity index (χ0v) is 29.9. The number of thioether (sulfide) groups is 1. The molecule has 0 saturated heterocycles. The molecule has 0 aliphatic heterocycles. The van der Waals surface area contributed by atoms with E-state index in [1.165, 1.54) is 30.1 Å². The Bertz CT molecular complexity index is 1750. The van der Waals surface area contributed by atoms with E-state index in [0.717, 1.165) is 17.3 Å². The third-order valence-corrected chi connectivity index (χ3v) is 8.62. The van der Waals surface area contributed by atoms with Crippen LogP contribution in [0.4, 0.5) is 9.18 Å². The quantitative estimate of drug-likeness (QED) is 0.0811. The molecule has 3 aromatic carbocycles. The van der Waals surface area contributed by atoms with Crippen LogP contribution in [0.3, 0.4) is 0 Å². The Kier molecular flexibility index (Phi) is 14.1. The van der Waals surface area contributed by atoms with Crippen LogP contribution < -0.4 is 10.1 Å². The monoisotopic (exact) mass is 728 g/mol. The fourth-order valence-electron chi connectivity index (χ4n) is 4.52. The van der Waals surface area contributed by atoms with Crippen molar-refractivity contribution < 1.29 is 33.1 Å². The van der Waals surface area contributed by atoms with Crippen LogP contribution in [0.1, 0.15) is 31.1 Å². The van der Waals surface area contributed by atoms with Crippen molar-refractivity contribution in [2.75, 3.05) is 27.4 Å². The Morgan fingerprint density at radius 3 is 2.33 bits per heavy atom. The van der Waals surface area contributed by atoms with Crippen LogP contribution in [0, 0.1) is 34.4 Å². The van der Waals surface area contributed by atoms with Gasteiger partial charge >= 0.3 is 12.1 Å². The van der Waals surface area contributed by atoms with Gasteiger partial charge in [0.2, 0.25) is 11.1 Å². The summed E-state index contributed by atoms with van der Waals surface area (Å²) < 4.78 is 25.5. The average Bonchev–Trinajstić information content (AvgIpc) is 3.64. The molecule has 0 aromatic heterocycles. The number of ether oxygens (including phenoxy) is 2. The highest BCUT2D eigenvalue weighted by molar-refractivity contribution is 8.15. The highest BCUT2D eigenvalue weighted by Crippen LogP contribution is 2.60. The Hall–Kier alpha value is -4.57. The van der Waals surface area contributed by atoms with E-state index in [4.69, 9.17) is 32.7 Å². The maximum atomic E-state index is 14.3. The third kappa shape index (κ3) is 10.7. The molecule has 49 heavy (non-hydrogen) atoms. The molecule has 0 spiro atoms. The van der Waals surface area contributed by atoms with Crippen molar-refractivity contribution in [2.24, 2.45) is 22.4 Å².